The van der Waals surface area contributed by atoms with Crippen LogP contribution in [-0.4, -0.2) is 35.7 Å². The van der Waals surface area contributed by atoms with E-state index in [1.54, 1.807) is 0 Å². The minimum atomic E-state index is -0.528. The molecule has 5 heteroatoms. The number of nitriles is 1. The maximum absolute atomic E-state index is 13.9. The summed E-state index contributed by atoms with van der Waals surface area (Å²) in [7, 11) is 1.88. The van der Waals surface area contributed by atoms with Crippen molar-refractivity contribution in [2.24, 2.45) is 17.3 Å². The molecule has 4 unspecified atom stereocenters. The van der Waals surface area contributed by atoms with Gasteiger partial charge in [0.15, 0.2) is 0 Å². The largest absolute Gasteiger partial charge is 0.388 e. The van der Waals surface area contributed by atoms with Gasteiger partial charge in [-0.2, -0.15) is 5.26 Å². The van der Waals surface area contributed by atoms with Gasteiger partial charge in [0.25, 0.3) is 0 Å². The number of carbonyl (C=O) groups excluding carboxylic acids is 1. The first-order chi connectivity index (χ1) is 15.2. The van der Waals surface area contributed by atoms with Crippen LogP contribution in [0.2, 0.25) is 0 Å². The number of nitrogens with zero attached hydrogens (tertiary/aromatic N) is 2. The zero-order chi connectivity index (χ0) is 23.6. The third-order valence-corrected chi connectivity index (χ3v) is 7.61. The molecular formula is C27H40N4O. The molecule has 1 aromatic rings. The summed E-state index contributed by atoms with van der Waals surface area (Å²) in [6, 6.07) is 8.82. The molecule has 0 spiro atoms. The summed E-state index contributed by atoms with van der Waals surface area (Å²) in [5.41, 5.74) is 3.07. The lowest BCUT2D eigenvalue weighted by molar-refractivity contribution is -0.139. The van der Waals surface area contributed by atoms with Crippen LogP contribution in [0.15, 0.2) is 18.2 Å². The van der Waals surface area contributed by atoms with Gasteiger partial charge in [-0.25, -0.2) is 0 Å². The molecule has 0 aromatic heterocycles. The van der Waals surface area contributed by atoms with Crippen molar-refractivity contribution in [3.8, 4) is 6.07 Å². The van der Waals surface area contributed by atoms with E-state index in [9.17, 15) is 10.1 Å². The Morgan fingerprint density at radius 1 is 1.31 bits per heavy atom. The Morgan fingerprint density at radius 3 is 2.53 bits per heavy atom. The van der Waals surface area contributed by atoms with Crippen LogP contribution in [0, 0.1) is 34.0 Å². The van der Waals surface area contributed by atoms with E-state index in [0.717, 1.165) is 49.8 Å². The lowest BCUT2D eigenvalue weighted by Crippen LogP contribution is -2.52. The van der Waals surface area contributed by atoms with Gasteiger partial charge in [0.2, 0.25) is 5.91 Å². The smallest absolute Gasteiger partial charge is 0.231 e. The zero-order valence-electron chi connectivity index (χ0n) is 20.7. The monoisotopic (exact) mass is 436 g/mol. The Balaban J connectivity index is 1.91. The molecule has 4 atom stereocenters. The fraction of sp³-hybridized carbons (Fsp3) is 0.667. The summed E-state index contributed by atoms with van der Waals surface area (Å²) < 4.78 is 0. The number of hydrogen-bond acceptors (Lipinski definition) is 4. The topological polar surface area (TPSA) is 80.0 Å². The maximum atomic E-state index is 13.9. The first-order valence-electron chi connectivity index (χ1n) is 12.3. The number of nitrogens with one attached hydrogen (secondary N) is 2. The molecule has 32 heavy (non-hydrogen) atoms. The van der Waals surface area contributed by atoms with Crippen molar-refractivity contribution in [1.82, 2.24) is 4.90 Å². The Kier molecular flexibility index (Phi) is 7.32. The highest BCUT2D eigenvalue weighted by atomic mass is 16.2. The lowest BCUT2D eigenvalue weighted by Gasteiger charge is -2.46. The molecule has 2 saturated carbocycles. The van der Waals surface area contributed by atoms with Gasteiger partial charge in [0, 0.05) is 30.4 Å². The molecule has 2 fully saturated rings. The minimum Gasteiger partial charge on any atom is -0.388 e. The van der Waals surface area contributed by atoms with Gasteiger partial charge in [-0.1, -0.05) is 26.0 Å². The lowest BCUT2D eigenvalue weighted by atomic mass is 9.67. The number of carbonyl (C=O) groups is 1. The van der Waals surface area contributed by atoms with Crippen molar-refractivity contribution in [3.63, 3.8) is 0 Å². The summed E-state index contributed by atoms with van der Waals surface area (Å²) in [6.45, 7) is 10.3. The van der Waals surface area contributed by atoms with Gasteiger partial charge in [-0.05, 0) is 82.8 Å². The normalized spacial score (nSPS) is 26.3. The highest BCUT2D eigenvalue weighted by Gasteiger charge is 2.43. The van der Waals surface area contributed by atoms with E-state index in [1.807, 2.05) is 31.0 Å². The molecule has 0 aliphatic heterocycles. The number of hydrogen-bond donors (Lipinski definition) is 2. The second-order valence-corrected chi connectivity index (χ2v) is 10.4. The van der Waals surface area contributed by atoms with Crippen molar-refractivity contribution < 1.29 is 4.79 Å². The standard InChI is InChI=1S/C27H40N4O/c1-7-27(16-28)14-18(4)13-21(15-27)31(17(2)3)26(32)19(5)25(29)24-22(20-11-12-20)9-8-10-23(24)30-6/h8-10,17-21,29-30H,7,11-15H2,1-6H3. The SMILES string of the molecule is CCC1(C#N)CC(C)CC(N(C(=O)C(C)C(=N)c2c(NC)cccc2C2CC2)C(C)C)C1. The van der Waals surface area contributed by atoms with Crippen LogP contribution in [0.4, 0.5) is 5.69 Å². The van der Waals surface area contributed by atoms with Crippen molar-refractivity contribution in [2.75, 3.05) is 12.4 Å². The summed E-state index contributed by atoms with van der Waals surface area (Å²) >= 11 is 0. The fourth-order valence-electron chi connectivity index (χ4n) is 5.74. The van der Waals surface area contributed by atoms with Crippen molar-refractivity contribution in [1.29, 1.82) is 10.7 Å². The Bertz CT molecular complexity index is 897. The molecule has 0 saturated heterocycles. The second-order valence-electron chi connectivity index (χ2n) is 10.4. The Morgan fingerprint density at radius 2 is 2.00 bits per heavy atom. The molecule has 174 valence electrons. The molecular weight excluding hydrogens is 396 g/mol. The number of amides is 1. The van der Waals surface area contributed by atoms with Crippen LogP contribution in [0.3, 0.4) is 0 Å². The molecule has 0 bridgehead atoms. The first-order valence-corrected chi connectivity index (χ1v) is 12.3. The number of benzene rings is 1. The molecule has 2 aliphatic rings. The third-order valence-electron chi connectivity index (χ3n) is 7.61. The molecule has 3 rings (SSSR count). The summed E-state index contributed by atoms with van der Waals surface area (Å²) in [5.74, 6) is 0.394. The van der Waals surface area contributed by atoms with Gasteiger partial charge in [-0.15, -0.1) is 0 Å². The Hall–Kier alpha value is -2.35. The predicted octanol–water partition coefficient (Wildman–Crippen LogP) is 5.96. The summed E-state index contributed by atoms with van der Waals surface area (Å²) in [6.07, 6.45) is 5.68. The summed E-state index contributed by atoms with van der Waals surface area (Å²) in [4.78, 5) is 15.9. The molecule has 1 amide bonds. The fourth-order valence-corrected chi connectivity index (χ4v) is 5.74. The summed E-state index contributed by atoms with van der Waals surface area (Å²) in [5, 5.41) is 22.2. The zero-order valence-corrected chi connectivity index (χ0v) is 20.7. The highest BCUT2D eigenvalue weighted by molar-refractivity contribution is 6.14. The molecule has 2 aliphatic carbocycles. The molecule has 5 nitrogen and oxygen atoms in total. The van der Waals surface area contributed by atoms with Crippen molar-refractivity contribution in [3.05, 3.63) is 29.3 Å². The molecule has 0 radical (unpaired) electrons. The van der Waals surface area contributed by atoms with E-state index in [2.05, 4.69) is 45.1 Å². The van der Waals surface area contributed by atoms with Crippen molar-refractivity contribution >= 4 is 17.3 Å². The van der Waals surface area contributed by atoms with Crippen LogP contribution in [0.25, 0.3) is 0 Å². The van der Waals surface area contributed by atoms with E-state index in [1.165, 1.54) is 5.56 Å². The van der Waals surface area contributed by atoms with Gasteiger partial charge in [0.05, 0.1) is 23.1 Å². The van der Waals surface area contributed by atoms with Crippen molar-refractivity contribution in [2.45, 2.75) is 91.1 Å². The molecule has 0 heterocycles. The van der Waals surface area contributed by atoms with E-state index < -0.39 is 5.92 Å². The van der Waals surface area contributed by atoms with Gasteiger partial charge < -0.3 is 15.6 Å². The highest BCUT2D eigenvalue weighted by Crippen LogP contribution is 2.45. The number of rotatable bonds is 8. The van der Waals surface area contributed by atoms with Gasteiger partial charge in [-0.3, -0.25) is 4.79 Å². The number of anilines is 1. The quantitative estimate of drug-likeness (QED) is 0.494. The Labute approximate surface area is 194 Å². The van der Waals surface area contributed by atoms with Crippen LogP contribution in [-0.2, 0) is 4.79 Å². The predicted molar refractivity (Wildman–Crippen MR) is 131 cm³/mol. The third kappa shape index (κ3) is 4.70. The van der Waals surface area contributed by atoms with Gasteiger partial charge in [0.1, 0.15) is 0 Å². The van der Waals surface area contributed by atoms with E-state index in [0.29, 0.717) is 17.5 Å². The van der Waals surface area contributed by atoms with Crippen LogP contribution < -0.4 is 5.32 Å². The van der Waals surface area contributed by atoms with Crippen LogP contribution in [0.5, 0.6) is 0 Å². The molecule has 2 N–H and O–H groups in total. The van der Waals surface area contributed by atoms with Crippen LogP contribution >= 0.6 is 0 Å². The average Bonchev–Trinajstić information content (AvgIpc) is 3.62. The minimum absolute atomic E-state index is 0.0136. The first kappa shape index (κ1) is 24.3. The van der Waals surface area contributed by atoms with Crippen LogP contribution in [0.1, 0.15) is 90.2 Å². The second kappa shape index (κ2) is 9.65. The van der Waals surface area contributed by atoms with Gasteiger partial charge >= 0.3 is 0 Å². The van der Waals surface area contributed by atoms with E-state index in [4.69, 9.17) is 5.41 Å². The van der Waals surface area contributed by atoms with E-state index >= 15 is 0 Å². The average molecular weight is 437 g/mol. The van der Waals surface area contributed by atoms with E-state index in [-0.39, 0.29) is 23.4 Å². The maximum Gasteiger partial charge on any atom is 0.231 e. The molecule has 1 aromatic carbocycles.